The molecule has 3 aliphatic rings. The maximum absolute atomic E-state index is 11.5. The van der Waals surface area contributed by atoms with E-state index in [1.54, 1.807) is 6.92 Å². The van der Waals surface area contributed by atoms with Crippen LogP contribution in [-0.4, -0.2) is 42.9 Å². The largest absolute Gasteiger partial charge is 0.369 e. The molecule has 2 atom stereocenters. The summed E-state index contributed by atoms with van der Waals surface area (Å²) in [6.07, 6.45) is 7.06. The van der Waals surface area contributed by atoms with Crippen LogP contribution >= 0.6 is 11.8 Å². The molecule has 3 fully saturated rings. The van der Waals surface area contributed by atoms with E-state index in [1.807, 2.05) is 36.0 Å². The predicted octanol–water partition coefficient (Wildman–Crippen LogP) is 4.88. The zero-order valence-corrected chi connectivity index (χ0v) is 19.7. The van der Waals surface area contributed by atoms with Crippen molar-refractivity contribution in [2.75, 3.05) is 31.1 Å². The Kier molecular flexibility index (Phi) is 6.83. The third kappa shape index (κ3) is 4.88. The van der Waals surface area contributed by atoms with Gasteiger partial charge in [0.2, 0.25) is 0 Å². The molecular formula is C26H34N4OS. The predicted molar refractivity (Wildman–Crippen MR) is 133 cm³/mol. The topological polar surface area (TPSA) is 47.6 Å². The monoisotopic (exact) mass is 450 g/mol. The molecule has 170 valence electrons. The Bertz CT molecular complexity index is 902. The van der Waals surface area contributed by atoms with Gasteiger partial charge in [0.25, 0.3) is 0 Å². The highest BCUT2D eigenvalue weighted by atomic mass is 32.2. The van der Waals surface area contributed by atoms with Crippen molar-refractivity contribution in [1.82, 2.24) is 15.8 Å². The summed E-state index contributed by atoms with van der Waals surface area (Å²) in [5, 5.41) is 0.387. The van der Waals surface area contributed by atoms with Crippen molar-refractivity contribution in [3.05, 3.63) is 65.2 Å². The molecule has 0 radical (unpaired) electrons. The molecule has 2 heterocycles. The molecule has 0 aromatic heterocycles. The summed E-state index contributed by atoms with van der Waals surface area (Å²) in [4.78, 5) is 16.8. The Labute approximate surface area is 195 Å². The zero-order chi connectivity index (χ0) is 21.9. The molecular weight excluding hydrogens is 416 g/mol. The van der Waals surface area contributed by atoms with E-state index in [1.165, 1.54) is 62.0 Å². The lowest BCUT2D eigenvalue weighted by molar-refractivity contribution is 0.101. The van der Waals surface area contributed by atoms with Crippen molar-refractivity contribution in [3.8, 4) is 0 Å². The lowest BCUT2D eigenvalue weighted by atomic mass is 9.94. The van der Waals surface area contributed by atoms with E-state index in [4.69, 9.17) is 0 Å². The van der Waals surface area contributed by atoms with E-state index in [-0.39, 0.29) is 16.5 Å². The molecule has 0 spiro atoms. The smallest absolute Gasteiger partial charge is 0.159 e. The summed E-state index contributed by atoms with van der Waals surface area (Å²) >= 11 is 1.86. The molecule has 2 aliphatic heterocycles. The van der Waals surface area contributed by atoms with Crippen LogP contribution in [0.2, 0.25) is 0 Å². The number of carbonyl (C=O) groups is 1. The number of piperazine rings is 1. The molecule has 6 heteroatoms. The van der Waals surface area contributed by atoms with Crippen LogP contribution in [0.3, 0.4) is 0 Å². The molecule has 2 N–H and O–H groups in total. The summed E-state index contributed by atoms with van der Waals surface area (Å²) in [6, 6.07) is 17.8. The minimum absolute atomic E-state index is 0.107. The Morgan fingerprint density at radius 2 is 1.38 bits per heavy atom. The molecule has 0 bridgehead atoms. The lowest BCUT2D eigenvalue weighted by Gasteiger charge is -2.41. The van der Waals surface area contributed by atoms with Crippen LogP contribution in [0.25, 0.3) is 0 Å². The average Bonchev–Trinajstić information content (AvgIpc) is 3.35. The molecule has 1 aliphatic carbocycles. The summed E-state index contributed by atoms with van der Waals surface area (Å²) in [5.41, 5.74) is 11.4. The van der Waals surface area contributed by atoms with E-state index in [0.717, 1.165) is 24.7 Å². The van der Waals surface area contributed by atoms with Crippen LogP contribution < -0.4 is 15.8 Å². The van der Waals surface area contributed by atoms with Gasteiger partial charge in [-0.1, -0.05) is 55.7 Å². The molecule has 5 rings (SSSR count). The number of anilines is 1. The number of hydrazine groups is 1. The van der Waals surface area contributed by atoms with Gasteiger partial charge in [0.05, 0.1) is 10.7 Å². The summed E-state index contributed by atoms with van der Waals surface area (Å²) in [5.74, 6) is 0.107. The number of Topliss-reactive ketones (excluding diaryl/α,β-unsaturated/α-hetero) is 1. The summed E-state index contributed by atoms with van der Waals surface area (Å²) in [6.45, 7) is 6.26. The van der Waals surface area contributed by atoms with Gasteiger partial charge in [-0.15, -0.1) is 11.8 Å². The van der Waals surface area contributed by atoms with E-state index in [9.17, 15) is 4.79 Å². The molecule has 2 saturated heterocycles. The normalized spacial score (nSPS) is 25.2. The van der Waals surface area contributed by atoms with Crippen molar-refractivity contribution in [3.63, 3.8) is 0 Å². The van der Waals surface area contributed by atoms with Crippen molar-refractivity contribution >= 4 is 23.2 Å². The fourth-order valence-electron chi connectivity index (χ4n) is 5.22. The number of carbonyl (C=O) groups excluding carboxylic acids is 1. The maximum atomic E-state index is 11.5. The number of hydrogen-bond acceptors (Lipinski definition) is 6. The van der Waals surface area contributed by atoms with E-state index in [0.29, 0.717) is 0 Å². The number of benzene rings is 2. The van der Waals surface area contributed by atoms with E-state index < -0.39 is 0 Å². The van der Waals surface area contributed by atoms with E-state index >= 15 is 0 Å². The quantitative estimate of drug-likeness (QED) is 0.633. The first kappa shape index (κ1) is 22.0. The van der Waals surface area contributed by atoms with Crippen molar-refractivity contribution in [1.29, 1.82) is 0 Å². The highest BCUT2D eigenvalue weighted by molar-refractivity contribution is 7.99. The molecule has 2 aromatic carbocycles. The van der Waals surface area contributed by atoms with Crippen molar-refractivity contribution < 1.29 is 4.79 Å². The van der Waals surface area contributed by atoms with Crippen LogP contribution in [-0.2, 0) is 0 Å². The van der Waals surface area contributed by atoms with Gasteiger partial charge in [-0.25, -0.2) is 10.9 Å². The Morgan fingerprint density at radius 3 is 1.94 bits per heavy atom. The van der Waals surface area contributed by atoms with Gasteiger partial charge in [-0.3, -0.25) is 9.69 Å². The second-order valence-corrected chi connectivity index (χ2v) is 10.5. The van der Waals surface area contributed by atoms with Crippen LogP contribution in [0.4, 0.5) is 5.69 Å². The Hall–Kier alpha value is -1.86. The number of nitrogens with one attached hydrogen (secondary N) is 2. The minimum Gasteiger partial charge on any atom is -0.369 e. The first-order valence-electron chi connectivity index (χ1n) is 12.0. The molecule has 0 amide bonds. The molecule has 1 saturated carbocycles. The second kappa shape index (κ2) is 9.96. The third-order valence-electron chi connectivity index (χ3n) is 7.20. The lowest BCUT2D eigenvalue weighted by Crippen LogP contribution is -2.50. The minimum atomic E-state index is 0.107. The zero-order valence-electron chi connectivity index (χ0n) is 18.9. The van der Waals surface area contributed by atoms with Crippen LogP contribution in [0.15, 0.2) is 48.5 Å². The van der Waals surface area contributed by atoms with Crippen LogP contribution in [0.1, 0.15) is 71.3 Å². The third-order valence-corrected chi connectivity index (χ3v) is 8.53. The molecule has 2 unspecified atom stereocenters. The number of ketones is 1. The number of thioether (sulfide) groups is 1. The number of hydrogen-bond donors (Lipinski definition) is 2. The van der Waals surface area contributed by atoms with Gasteiger partial charge in [0.1, 0.15) is 0 Å². The van der Waals surface area contributed by atoms with Gasteiger partial charge in [-0.2, -0.15) is 0 Å². The van der Waals surface area contributed by atoms with Gasteiger partial charge < -0.3 is 4.90 Å². The molecule has 2 aromatic rings. The number of rotatable bonds is 5. The van der Waals surface area contributed by atoms with Gasteiger partial charge in [0, 0.05) is 43.5 Å². The van der Waals surface area contributed by atoms with E-state index in [2.05, 4.69) is 44.9 Å². The first-order valence-corrected chi connectivity index (χ1v) is 13.0. The second-order valence-electron chi connectivity index (χ2n) is 9.27. The standard InChI is InChI=1S/C26H34N4OS/c1-19(31)20-7-9-21(10-8-20)25-27-28-26(32-25)22-11-13-24(14-12-22)30-17-15-29(16-18-30)23-5-3-2-4-6-23/h7-14,23,25-28H,2-6,15-18H2,1H3. The Morgan fingerprint density at radius 1 is 0.812 bits per heavy atom. The average molecular weight is 451 g/mol. The first-order chi connectivity index (χ1) is 15.7. The maximum Gasteiger partial charge on any atom is 0.159 e. The van der Waals surface area contributed by atoms with Gasteiger partial charge >= 0.3 is 0 Å². The fourth-order valence-corrected chi connectivity index (χ4v) is 6.40. The number of nitrogens with zero attached hydrogens (tertiary/aromatic N) is 2. The van der Waals surface area contributed by atoms with Gasteiger partial charge in [-0.05, 0) is 43.0 Å². The Balaban J connectivity index is 1.15. The SMILES string of the molecule is CC(=O)c1ccc(C2NNC(c3ccc(N4CCN(C5CCCCC5)CC4)cc3)S2)cc1. The van der Waals surface area contributed by atoms with Gasteiger partial charge in [0.15, 0.2) is 5.78 Å². The highest BCUT2D eigenvalue weighted by Gasteiger charge is 2.28. The summed E-state index contributed by atoms with van der Waals surface area (Å²) in [7, 11) is 0. The van der Waals surface area contributed by atoms with Crippen LogP contribution in [0, 0.1) is 0 Å². The molecule has 32 heavy (non-hydrogen) atoms. The highest BCUT2D eigenvalue weighted by Crippen LogP contribution is 2.41. The van der Waals surface area contributed by atoms with Crippen molar-refractivity contribution in [2.45, 2.75) is 55.8 Å². The molecule has 5 nitrogen and oxygen atoms in total. The summed E-state index contributed by atoms with van der Waals surface area (Å²) < 4.78 is 0. The fraction of sp³-hybridized carbons (Fsp3) is 0.500. The van der Waals surface area contributed by atoms with Crippen molar-refractivity contribution in [2.24, 2.45) is 0 Å². The van der Waals surface area contributed by atoms with Crippen LogP contribution in [0.5, 0.6) is 0 Å².